The number of aromatic amines is 2. The van der Waals surface area contributed by atoms with Crippen molar-refractivity contribution in [2.45, 2.75) is 25.9 Å². The molecule has 0 aliphatic carbocycles. The van der Waals surface area contributed by atoms with Crippen molar-refractivity contribution in [2.75, 3.05) is 6.61 Å². The van der Waals surface area contributed by atoms with E-state index in [4.69, 9.17) is 4.74 Å². The van der Waals surface area contributed by atoms with Crippen molar-refractivity contribution in [3.63, 3.8) is 0 Å². The minimum atomic E-state index is -0.325. The van der Waals surface area contributed by atoms with Gasteiger partial charge in [0, 0.05) is 5.41 Å². The summed E-state index contributed by atoms with van der Waals surface area (Å²) in [4.78, 5) is 13.7. The molecule has 5 heteroatoms. The Kier molecular flexibility index (Phi) is 3.62. The van der Waals surface area contributed by atoms with Crippen LogP contribution in [0.25, 0.3) is 0 Å². The van der Waals surface area contributed by atoms with E-state index in [0.717, 1.165) is 5.56 Å². The molecule has 0 aliphatic heterocycles. The molecule has 0 spiro atoms. The van der Waals surface area contributed by atoms with Crippen LogP contribution < -0.4 is 5.69 Å². The van der Waals surface area contributed by atoms with Crippen molar-refractivity contribution in [2.24, 2.45) is 0 Å². The predicted octanol–water partition coefficient (Wildman–Crippen LogP) is 1.59. The van der Waals surface area contributed by atoms with Crippen LogP contribution in [-0.2, 0) is 16.8 Å². The number of H-pyrrole nitrogens is 2. The van der Waals surface area contributed by atoms with E-state index in [-0.39, 0.29) is 11.1 Å². The summed E-state index contributed by atoms with van der Waals surface area (Å²) < 4.78 is 5.67. The van der Waals surface area contributed by atoms with Gasteiger partial charge in [0.2, 0.25) is 0 Å². The molecule has 0 fully saturated rings. The smallest absolute Gasteiger partial charge is 0.340 e. The first-order valence-corrected chi connectivity index (χ1v) is 5.85. The average molecular weight is 247 g/mol. The van der Waals surface area contributed by atoms with Crippen LogP contribution in [0.2, 0.25) is 0 Å². The summed E-state index contributed by atoms with van der Waals surface area (Å²) in [5.74, 6) is 0.612. The number of hydrogen-bond donors (Lipinski definition) is 2. The molecule has 0 saturated carbocycles. The standard InChI is InChI=1S/C13H17N3O2/c1-13(2,11-14-12(17)16-15-11)9-18-8-10-6-4-3-5-7-10/h3-7H,8-9H2,1-2H3,(H2,14,15,16,17). The Morgan fingerprint density at radius 3 is 2.61 bits per heavy atom. The molecule has 0 atom stereocenters. The van der Waals surface area contributed by atoms with Gasteiger partial charge in [0.25, 0.3) is 0 Å². The first kappa shape index (κ1) is 12.6. The van der Waals surface area contributed by atoms with Crippen molar-refractivity contribution in [1.29, 1.82) is 0 Å². The molecule has 0 radical (unpaired) electrons. The number of ether oxygens (including phenoxy) is 1. The van der Waals surface area contributed by atoms with Crippen LogP contribution >= 0.6 is 0 Å². The fourth-order valence-corrected chi connectivity index (χ4v) is 1.66. The highest BCUT2D eigenvalue weighted by Gasteiger charge is 2.24. The van der Waals surface area contributed by atoms with Gasteiger partial charge in [-0.2, -0.15) is 5.10 Å². The summed E-state index contributed by atoms with van der Waals surface area (Å²) in [7, 11) is 0. The predicted molar refractivity (Wildman–Crippen MR) is 68.3 cm³/mol. The molecule has 0 unspecified atom stereocenters. The third-order valence-corrected chi connectivity index (χ3v) is 2.72. The number of rotatable bonds is 5. The van der Waals surface area contributed by atoms with E-state index >= 15 is 0 Å². The minimum Gasteiger partial charge on any atom is -0.376 e. The lowest BCUT2D eigenvalue weighted by Crippen LogP contribution is -2.26. The normalized spacial score (nSPS) is 11.7. The maximum atomic E-state index is 11.0. The molecule has 1 aromatic heterocycles. The zero-order valence-electron chi connectivity index (χ0n) is 10.6. The van der Waals surface area contributed by atoms with E-state index < -0.39 is 0 Å². The van der Waals surface area contributed by atoms with Crippen LogP contribution in [0.1, 0.15) is 25.2 Å². The largest absolute Gasteiger partial charge is 0.376 e. The van der Waals surface area contributed by atoms with Crippen LogP contribution in [0.3, 0.4) is 0 Å². The molecule has 0 aliphatic rings. The quantitative estimate of drug-likeness (QED) is 0.843. The Labute approximate surface area is 105 Å². The van der Waals surface area contributed by atoms with Crippen molar-refractivity contribution in [1.82, 2.24) is 15.2 Å². The summed E-state index contributed by atoms with van der Waals surface area (Å²) in [6.45, 7) is 5.00. The van der Waals surface area contributed by atoms with Gasteiger partial charge in [-0.25, -0.2) is 9.89 Å². The van der Waals surface area contributed by atoms with E-state index in [0.29, 0.717) is 19.0 Å². The maximum Gasteiger partial charge on any atom is 0.340 e. The van der Waals surface area contributed by atoms with Gasteiger partial charge in [0.15, 0.2) is 0 Å². The molecular weight excluding hydrogens is 230 g/mol. The van der Waals surface area contributed by atoms with Gasteiger partial charge in [-0.3, -0.25) is 4.98 Å². The molecular formula is C13H17N3O2. The molecule has 2 rings (SSSR count). The summed E-state index contributed by atoms with van der Waals surface area (Å²) in [6, 6.07) is 9.97. The Bertz CT molecular complexity index is 543. The van der Waals surface area contributed by atoms with Crippen molar-refractivity contribution in [3.8, 4) is 0 Å². The van der Waals surface area contributed by atoms with Gasteiger partial charge in [-0.1, -0.05) is 44.2 Å². The monoisotopic (exact) mass is 247 g/mol. The SMILES string of the molecule is CC(C)(COCc1ccccc1)c1n[nH]c(=O)[nH]1. The van der Waals surface area contributed by atoms with Gasteiger partial charge >= 0.3 is 5.69 Å². The van der Waals surface area contributed by atoms with E-state index in [1.807, 2.05) is 44.2 Å². The Morgan fingerprint density at radius 2 is 2.00 bits per heavy atom. The highest BCUT2D eigenvalue weighted by Crippen LogP contribution is 2.18. The first-order valence-electron chi connectivity index (χ1n) is 5.85. The number of aromatic nitrogens is 3. The fraction of sp³-hybridized carbons (Fsp3) is 0.385. The summed E-state index contributed by atoms with van der Waals surface area (Å²) >= 11 is 0. The van der Waals surface area contributed by atoms with Crippen LogP contribution in [0.5, 0.6) is 0 Å². The Morgan fingerprint density at radius 1 is 1.28 bits per heavy atom. The van der Waals surface area contributed by atoms with E-state index in [2.05, 4.69) is 15.2 Å². The van der Waals surface area contributed by atoms with E-state index in [1.54, 1.807) is 0 Å². The molecule has 96 valence electrons. The molecule has 1 aromatic carbocycles. The molecule has 18 heavy (non-hydrogen) atoms. The zero-order chi connectivity index (χ0) is 13.0. The molecule has 5 nitrogen and oxygen atoms in total. The van der Waals surface area contributed by atoms with Gasteiger partial charge < -0.3 is 4.74 Å². The second-order valence-electron chi connectivity index (χ2n) is 4.89. The van der Waals surface area contributed by atoms with Gasteiger partial charge in [0.05, 0.1) is 13.2 Å². The highest BCUT2D eigenvalue weighted by molar-refractivity contribution is 5.13. The summed E-state index contributed by atoms with van der Waals surface area (Å²) in [5, 5.41) is 6.31. The molecule has 2 N–H and O–H groups in total. The summed E-state index contributed by atoms with van der Waals surface area (Å²) in [5.41, 5.74) is 0.512. The Balaban J connectivity index is 1.91. The third-order valence-electron chi connectivity index (χ3n) is 2.72. The van der Waals surface area contributed by atoms with Crippen molar-refractivity contribution < 1.29 is 4.74 Å². The van der Waals surface area contributed by atoms with Crippen molar-refractivity contribution in [3.05, 3.63) is 52.2 Å². The Hall–Kier alpha value is -1.88. The number of nitrogens with one attached hydrogen (secondary N) is 2. The second-order valence-corrected chi connectivity index (χ2v) is 4.89. The van der Waals surface area contributed by atoms with Crippen LogP contribution in [-0.4, -0.2) is 21.8 Å². The molecule has 0 amide bonds. The van der Waals surface area contributed by atoms with Gasteiger partial charge in [-0.05, 0) is 5.56 Å². The highest BCUT2D eigenvalue weighted by atomic mass is 16.5. The first-order chi connectivity index (χ1) is 8.58. The minimum absolute atomic E-state index is 0.291. The lowest BCUT2D eigenvalue weighted by Gasteiger charge is -2.21. The lowest BCUT2D eigenvalue weighted by molar-refractivity contribution is 0.0797. The number of benzene rings is 1. The second kappa shape index (κ2) is 5.18. The van der Waals surface area contributed by atoms with E-state index in [9.17, 15) is 4.79 Å². The number of nitrogens with zero attached hydrogens (tertiary/aromatic N) is 1. The fourth-order valence-electron chi connectivity index (χ4n) is 1.66. The van der Waals surface area contributed by atoms with E-state index in [1.165, 1.54) is 0 Å². The topological polar surface area (TPSA) is 70.8 Å². The van der Waals surface area contributed by atoms with Crippen molar-refractivity contribution >= 4 is 0 Å². The van der Waals surface area contributed by atoms with Gasteiger partial charge in [-0.15, -0.1) is 0 Å². The number of hydrogen-bond acceptors (Lipinski definition) is 3. The maximum absolute atomic E-state index is 11.0. The molecule has 0 saturated heterocycles. The average Bonchev–Trinajstić information content (AvgIpc) is 2.78. The van der Waals surface area contributed by atoms with Gasteiger partial charge in [0.1, 0.15) is 5.82 Å². The van der Waals surface area contributed by atoms with Crippen LogP contribution in [0.4, 0.5) is 0 Å². The van der Waals surface area contributed by atoms with Crippen LogP contribution in [0.15, 0.2) is 35.1 Å². The summed E-state index contributed by atoms with van der Waals surface area (Å²) in [6.07, 6.45) is 0. The zero-order valence-corrected chi connectivity index (χ0v) is 10.6. The lowest BCUT2D eigenvalue weighted by atomic mass is 9.94. The van der Waals surface area contributed by atoms with Crippen LogP contribution in [0, 0.1) is 0 Å². The molecule has 1 heterocycles. The third kappa shape index (κ3) is 3.07. The molecule has 0 bridgehead atoms. The molecule has 2 aromatic rings.